The number of ether oxygens (including phenoxy) is 2. The van der Waals surface area contributed by atoms with Gasteiger partial charge in [0.15, 0.2) is 12.2 Å². The monoisotopic (exact) mass is 330 g/mol. The van der Waals surface area contributed by atoms with Crippen LogP contribution < -0.4 is 0 Å². The second-order valence-electron chi connectivity index (χ2n) is 5.61. The number of aliphatic hydroxyl groups excluding tert-OH is 1. The number of Topliss-reactive ketones (excluding diaryl/α,β-unsaturated/α-hetero) is 1. The number of aliphatic hydroxyl groups is 1. The van der Waals surface area contributed by atoms with Crippen LogP contribution in [0.25, 0.3) is 0 Å². The highest BCUT2D eigenvalue weighted by atomic mass is 16.6. The lowest BCUT2D eigenvalue weighted by atomic mass is 9.90. The Labute approximate surface area is 139 Å². The van der Waals surface area contributed by atoms with Gasteiger partial charge in [0.2, 0.25) is 5.78 Å². The van der Waals surface area contributed by atoms with Gasteiger partial charge in [-0.1, -0.05) is 24.5 Å². The van der Waals surface area contributed by atoms with Crippen LogP contribution in [0.15, 0.2) is 35.5 Å². The molecule has 2 rings (SSSR count). The molecule has 3 atom stereocenters. The molecule has 6 nitrogen and oxygen atoms in total. The maximum atomic E-state index is 12.4. The van der Waals surface area contributed by atoms with E-state index in [-0.39, 0.29) is 5.57 Å². The van der Waals surface area contributed by atoms with Gasteiger partial charge in [-0.3, -0.25) is 9.59 Å². The van der Waals surface area contributed by atoms with E-state index >= 15 is 0 Å². The fourth-order valence-corrected chi connectivity index (χ4v) is 2.32. The average molecular weight is 330 g/mol. The lowest BCUT2D eigenvalue weighted by Gasteiger charge is -2.30. The van der Waals surface area contributed by atoms with Crippen LogP contribution in [0.3, 0.4) is 0 Å². The van der Waals surface area contributed by atoms with Gasteiger partial charge in [0.1, 0.15) is 6.10 Å². The molecule has 0 spiro atoms. The van der Waals surface area contributed by atoms with Gasteiger partial charge in [0, 0.05) is 12.5 Å². The topological polar surface area (TPSA) is 89.9 Å². The maximum absolute atomic E-state index is 12.4. The molecule has 126 valence electrons. The number of hydrogen-bond acceptors (Lipinski definition) is 6. The van der Waals surface area contributed by atoms with Gasteiger partial charge in [-0.2, -0.15) is 0 Å². The van der Waals surface area contributed by atoms with Crippen molar-refractivity contribution in [2.75, 3.05) is 0 Å². The number of carbonyl (C=O) groups is 3. The normalized spacial score (nSPS) is 29.6. The molecule has 24 heavy (non-hydrogen) atoms. The molecule has 0 aromatic carbocycles. The zero-order chi connectivity index (χ0) is 17.9. The van der Waals surface area contributed by atoms with Crippen LogP contribution in [0.2, 0.25) is 0 Å². The third kappa shape index (κ3) is 4.00. The van der Waals surface area contributed by atoms with Crippen molar-refractivity contribution in [2.24, 2.45) is 0 Å². The van der Waals surface area contributed by atoms with Gasteiger partial charge in [-0.05, 0) is 31.4 Å². The van der Waals surface area contributed by atoms with Crippen molar-refractivity contribution in [3.63, 3.8) is 0 Å². The van der Waals surface area contributed by atoms with Gasteiger partial charge in [-0.25, -0.2) is 4.79 Å². The summed E-state index contributed by atoms with van der Waals surface area (Å²) >= 11 is 0. The van der Waals surface area contributed by atoms with Gasteiger partial charge < -0.3 is 14.6 Å². The molecule has 1 aliphatic carbocycles. The molecule has 0 aromatic rings. The molecule has 0 saturated carbocycles. The Hall–Kier alpha value is -2.65. The zero-order valence-electron chi connectivity index (χ0n) is 13.5. The summed E-state index contributed by atoms with van der Waals surface area (Å²) in [6.45, 7) is 6.54. The molecule has 1 heterocycles. The predicted octanol–water partition coefficient (Wildman–Crippen LogP) is 1.000. The van der Waals surface area contributed by atoms with E-state index in [9.17, 15) is 19.5 Å². The molecule has 1 N–H and O–H groups in total. The number of ketones is 1. The number of carbonyl (C=O) groups excluding carboxylic acids is 3. The third-order valence-corrected chi connectivity index (χ3v) is 3.63. The van der Waals surface area contributed by atoms with Crippen LogP contribution in [-0.4, -0.2) is 41.1 Å². The first-order valence-corrected chi connectivity index (χ1v) is 7.48. The summed E-state index contributed by atoms with van der Waals surface area (Å²) in [5, 5.41) is 10.3. The number of hydrogen-bond donors (Lipinski definition) is 1. The van der Waals surface area contributed by atoms with E-state index in [1.807, 2.05) is 0 Å². The highest BCUT2D eigenvalue weighted by molar-refractivity contribution is 6.05. The second-order valence-corrected chi connectivity index (χ2v) is 5.61. The number of rotatable bonds is 1. The number of fused-ring (bicyclic) bond motifs is 2. The first-order chi connectivity index (χ1) is 11.3. The Morgan fingerprint density at radius 2 is 2.12 bits per heavy atom. The Morgan fingerprint density at radius 1 is 1.42 bits per heavy atom. The summed E-state index contributed by atoms with van der Waals surface area (Å²) in [5.74, 6) is 3.46. The maximum Gasteiger partial charge on any atom is 0.334 e. The number of allylic oxidation sites excluding steroid dienone is 2. The van der Waals surface area contributed by atoms with Gasteiger partial charge in [-0.15, -0.1) is 0 Å². The number of esters is 2. The van der Waals surface area contributed by atoms with Crippen LogP contribution in [0.5, 0.6) is 0 Å². The molecule has 2 aliphatic rings. The van der Waals surface area contributed by atoms with Crippen molar-refractivity contribution in [1.82, 2.24) is 0 Å². The van der Waals surface area contributed by atoms with Crippen molar-refractivity contribution >= 4 is 17.7 Å². The molecule has 0 aromatic heterocycles. The summed E-state index contributed by atoms with van der Waals surface area (Å²) in [6.07, 6.45) is -0.0575. The Morgan fingerprint density at radius 3 is 2.79 bits per heavy atom. The summed E-state index contributed by atoms with van der Waals surface area (Å²) in [5.41, 5.74) is 0.942. The zero-order valence-corrected chi connectivity index (χ0v) is 13.5. The SMILES string of the molecule is C=C1C#CC2=C[C@@H](OC(C)=O)[C@H](O)[C@@H](OC(=O)/C(C)=C\CC1)C2=O. The standard InChI is InChI=1S/C18H18O6/c1-10-5-4-6-11(2)18(22)24-17-15(20)13(8-7-10)9-14(16(17)21)23-12(3)19/h6,9,14,16-17,21H,1,4-5H2,2-3H3/b11-6-/t14-,16+,17+/m1/s1. The van der Waals surface area contributed by atoms with Crippen molar-refractivity contribution in [3.8, 4) is 11.8 Å². The minimum Gasteiger partial charge on any atom is -0.455 e. The van der Waals surface area contributed by atoms with E-state index in [4.69, 9.17) is 9.47 Å². The minimum atomic E-state index is -1.49. The van der Waals surface area contributed by atoms with Crippen molar-refractivity contribution < 1.29 is 29.0 Å². The highest BCUT2D eigenvalue weighted by Gasteiger charge is 2.42. The van der Waals surface area contributed by atoms with E-state index in [0.717, 1.165) is 0 Å². The lowest BCUT2D eigenvalue weighted by Crippen LogP contribution is -2.49. The van der Waals surface area contributed by atoms with E-state index in [0.29, 0.717) is 24.0 Å². The molecule has 6 heteroatoms. The van der Waals surface area contributed by atoms with Crippen LogP contribution in [0, 0.1) is 11.8 Å². The first kappa shape index (κ1) is 17.7. The highest BCUT2D eigenvalue weighted by Crippen LogP contribution is 2.23. The summed E-state index contributed by atoms with van der Waals surface area (Å²) in [6, 6.07) is 0. The van der Waals surface area contributed by atoms with Crippen molar-refractivity contribution in [3.05, 3.63) is 35.5 Å². The molecular formula is C18H18O6. The van der Waals surface area contributed by atoms with Gasteiger partial charge in [0.05, 0.1) is 5.57 Å². The molecule has 0 unspecified atom stereocenters. The smallest absolute Gasteiger partial charge is 0.334 e. The molecule has 0 radical (unpaired) electrons. The van der Waals surface area contributed by atoms with E-state index in [1.54, 1.807) is 13.0 Å². The predicted molar refractivity (Wildman–Crippen MR) is 84.4 cm³/mol. The Kier molecular flexibility index (Phi) is 5.37. The van der Waals surface area contributed by atoms with E-state index in [2.05, 4.69) is 18.4 Å². The molecule has 0 saturated heterocycles. The third-order valence-electron chi connectivity index (χ3n) is 3.63. The van der Waals surface area contributed by atoms with Crippen LogP contribution >= 0.6 is 0 Å². The fraction of sp³-hybridized carbons (Fsp3) is 0.389. The Bertz CT molecular complexity index is 716. The quantitative estimate of drug-likeness (QED) is 0.570. The summed E-state index contributed by atoms with van der Waals surface area (Å²) < 4.78 is 10.1. The van der Waals surface area contributed by atoms with Crippen LogP contribution in [-0.2, 0) is 23.9 Å². The van der Waals surface area contributed by atoms with Gasteiger partial charge in [0.25, 0.3) is 0 Å². The Balaban J connectivity index is 2.47. The van der Waals surface area contributed by atoms with Crippen molar-refractivity contribution in [2.45, 2.75) is 45.0 Å². The van der Waals surface area contributed by atoms with E-state index in [1.165, 1.54) is 13.0 Å². The molecule has 2 bridgehead atoms. The largest absolute Gasteiger partial charge is 0.455 e. The van der Waals surface area contributed by atoms with Crippen LogP contribution in [0.1, 0.15) is 26.7 Å². The minimum absolute atomic E-state index is 0.0210. The molecular weight excluding hydrogens is 312 g/mol. The van der Waals surface area contributed by atoms with E-state index < -0.39 is 36.0 Å². The molecule has 0 fully saturated rings. The first-order valence-electron chi connectivity index (χ1n) is 7.48. The fourth-order valence-electron chi connectivity index (χ4n) is 2.32. The average Bonchev–Trinajstić information content (AvgIpc) is 2.51. The molecule has 1 aliphatic heterocycles. The van der Waals surface area contributed by atoms with Crippen LogP contribution in [0.4, 0.5) is 0 Å². The second kappa shape index (κ2) is 7.28. The summed E-state index contributed by atoms with van der Waals surface area (Å²) in [7, 11) is 0. The van der Waals surface area contributed by atoms with Gasteiger partial charge >= 0.3 is 11.9 Å². The lowest BCUT2D eigenvalue weighted by molar-refractivity contribution is -0.168. The van der Waals surface area contributed by atoms with Crippen molar-refractivity contribution in [1.29, 1.82) is 0 Å². The molecule has 0 amide bonds. The summed E-state index contributed by atoms with van der Waals surface area (Å²) in [4.78, 5) is 35.7.